The van der Waals surface area contributed by atoms with Crippen LogP contribution in [0.3, 0.4) is 0 Å². The van der Waals surface area contributed by atoms with Crippen molar-refractivity contribution in [2.45, 2.75) is 12.5 Å². The molecule has 2 N–H and O–H groups in total. The van der Waals surface area contributed by atoms with E-state index in [9.17, 15) is 17.6 Å². The zero-order valence-corrected chi connectivity index (χ0v) is 9.84. The molecule has 2 aromatic carbocycles. The molecule has 2 rings (SSSR count). The fourth-order valence-electron chi connectivity index (χ4n) is 1.82. The van der Waals surface area contributed by atoms with Gasteiger partial charge in [-0.25, -0.2) is 17.6 Å². The molecule has 0 aliphatic heterocycles. The van der Waals surface area contributed by atoms with Crippen molar-refractivity contribution in [3.8, 4) is 0 Å². The summed E-state index contributed by atoms with van der Waals surface area (Å²) in [5.41, 5.74) is 6.51. The molecular weight excluding hydrogens is 258 g/mol. The highest BCUT2D eigenvalue weighted by Gasteiger charge is 2.15. The largest absolute Gasteiger partial charge is 0.324 e. The molecule has 0 amide bonds. The number of hydrogen-bond acceptors (Lipinski definition) is 1. The molecule has 0 saturated carbocycles. The average Bonchev–Trinajstić information content (AvgIpc) is 2.35. The molecule has 1 nitrogen and oxygen atoms in total. The first-order chi connectivity index (χ1) is 8.97. The Morgan fingerprint density at radius 2 is 1.58 bits per heavy atom. The summed E-state index contributed by atoms with van der Waals surface area (Å²) in [5, 5.41) is 0. The maximum Gasteiger partial charge on any atom is 0.194 e. The van der Waals surface area contributed by atoms with E-state index in [0.717, 1.165) is 12.1 Å². The third-order valence-corrected chi connectivity index (χ3v) is 2.78. The van der Waals surface area contributed by atoms with Gasteiger partial charge < -0.3 is 5.73 Å². The molecule has 0 aliphatic carbocycles. The fraction of sp³-hybridized carbons (Fsp3) is 0.143. The minimum Gasteiger partial charge on any atom is -0.324 e. The molecule has 100 valence electrons. The fourth-order valence-corrected chi connectivity index (χ4v) is 1.82. The number of halogens is 4. The van der Waals surface area contributed by atoms with E-state index in [4.69, 9.17) is 5.73 Å². The van der Waals surface area contributed by atoms with Crippen LogP contribution in [0.1, 0.15) is 17.2 Å². The summed E-state index contributed by atoms with van der Waals surface area (Å²) in [5.74, 6) is -4.52. The van der Waals surface area contributed by atoms with Crippen molar-refractivity contribution in [2.24, 2.45) is 5.73 Å². The molecule has 0 radical (unpaired) electrons. The van der Waals surface area contributed by atoms with Gasteiger partial charge in [-0.1, -0.05) is 12.1 Å². The van der Waals surface area contributed by atoms with Crippen molar-refractivity contribution >= 4 is 0 Å². The zero-order chi connectivity index (χ0) is 14.0. The second-order valence-electron chi connectivity index (χ2n) is 4.24. The van der Waals surface area contributed by atoms with Gasteiger partial charge in [-0.2, -0.15) is 0 Å². The summed E-state index contributed by atoms with van der Waals surface area (Å²) in [4.78, 5) is 0. The molecule has 0 bridgehead atoms. The van der Waals surface area contributed by atoms with Crippen LogP contribution in [0.4, 0.5) is 17.6 Å². The Balaban J connectivity index is 2.23. The topological polar surface area (TPSA) is 26.0 Å². The molecule has 0 spiro atoms. The third kappa shape index (κ3) is 3.12. The molecule has 19 heavy (non-hydrogen) atoms. The summed E-state index contributed by atoms with van der Waals surface area (Å²) < 4.78 is 51.9. The highest BCUT2D eigenvalue weighted by Crippen LogP contribution is 2.21. The number of benzene rings is 2. The minimum absolute atomic E-state index is 0.126. The maximum absolute atomic E-state index is 13.1. The van der Waals surface area contributed by atoms with Crippen molar-refractivity contribution in [3.63, 3.8) is 0 Å². The van der Waals surface area contributed by atoms with Gasteiger partial charge >= 0.3 is 0 Å². The summed E-state index contributed by atoms with van der Waals surface area (Å²) in [6.07, 6.45) is 0.197. The first-order valence-corrected chi connectivity index (χ1v) is 5.62. The molecule has 0 saturated heterocycles. The monoisotopic (exact) mass is 269 g/mol. The molecule has 0 aliphatic rings. The van der Waals surface area contributed by atoms with Crippen LogP contribution in [0, 0.1) is 23.3 Å². The molecule has 1 atom stereocenters. The van der Waals surface area contributed by atoms with Crippen LogP contribution < -0.4 is 5.73 Å². The van der Waals surface area contributed by atoms with Gasteiger partial charge in [-0.15, -0.1) is 0 Å². The van der Waals surface area contributed by atoms with E-state index in [1.807, 2.05) is 0 Å². The normalized spacial score (nSPS) is 12.5. The highest BCUT2D eigenvalue weighted by atomic mass is 19.2. The van der Waals surface area contributed by atoms with Crippen molar-refractivity contribution in [1.82, 2.24) is 0 Å². The molecule has 0 heterocycles. The van der Waals surface area contributed by atoms with Gasteiger partial charge in [0.1, 0.15) is 5.82 Å². The molecule has 0 aromatic heterocycles. The number of hydrogen-bond donors (Lipinski definition) is 1. The van der Waals surface area contributed by atoms with Gasteiger partial charge in [-0.3, -0.25) is 0 Å². The van der Waals surface area contributed by atoms with Gasteiger partial charge in [0, 0.05) is 6.04 Å². The van der Waals surface area contributed by atoms with Gasteiger partial charge in [0.25, 0.3) is 0 Å². The Hall–Kier alpha value is -1.88. The second kappa shape index (κ2) is 5.40. The van der Waals surface area contributed by atoms with E-state index in [0.29, 0.717) is 5.56 Å². The SMILES string of the molecule is NC(Cc1cccc(F)c1)c1cc(F)c(F)c(F)c1. The summed E-state index contributed by atoms with van der Waals surface area (Å²) in [6.45, 7) is 0. The van der Waals surface area contributed by atoms with Gasteiger partial charge in [0.05, 0.1) is 0 Å². The Kier molecular flexibility index (Phi) is 3.85. The molecule has 0 fully saturated rings. The molecule has 5 heteroatoms. The Labute approximate surface area is 107 Å². The zero-order valence-electron chi connectivity index (χ0n) is 9.84. The second-order valence-corrected chi connectivity index (χ2v) is 4.24. The minimum atomic E-state index is -1.53. The van der Waals surface area contributed by atoms with Crippen LogP contribution in [0.15, 0.2) is 36.4 Å². The number of rotatable bonds is 3. The summed E-state index contributed by atoms with van der Waals surface area (Å²) >= 11 is 0. The van der Waals surface area contributed by atoms with E-state index in [2.05, 4.69) is 0 Å². The lowest BCUT2D eigenvalue weighted by Gasteiger charge is -2.13. The van der Waals surface area contributed by atoms with E-state index < -0.39 is 29.3 Å². The van der Waals surface area contributed by atoms with E-state index in [-0.39, 0.29) is 12.0 Å². The quantitative estimate of drug-likeness (QED) is 0.670. The standard InChI is InChI=1S/C14H11F4N/c15-10-3-1-2-8(4-10)5-13(19)9-6-11(16)14(18)12(17)7-9/h1-4,6-7,13H,5,19H2. The highest BCUT2D eigenvalue weighted by molar-refractivity contribution is 5.25. The van der Waals surface area contributed by atoms with Crippen LogP contribution in [-0.2, 0) is 6.42 Å². The summed E-state index contributed by atoms with van der Waals surface area (Å²) in [7, 11) is 0. The lowest BCUT2D eigenvalue weighted by Crippen LogP contribution is -2.14. The van der Waals surface area contributed by atoms with Crippen molar-refractivity contribution in [1.29, 1.82) is 0 Å². The molecular formula is C14H11F4N. The first-order valence-electron chi connectivity index (χ1n) is 5.62. The van der Waals surface area contributed by atoms with Crippen LogP contribution in [0.2, 0.25) is 0 Å². The maximum atomic E-state index is 13.1. The smallest absolute Gasteiger partial charge is 0.194 e. The van der Waals surface area contributed by atoms with E-state index in [1.165, 1.54) is 18.2 Å². The van der Waals surface area contributed by atoms with E-state index in [1.54, 1.807) is 6.07 Å². The van der Waals surface area contributed by atoms with Crippen LogP contribution in [-0.4, -0.2) is 0 Å². The lowest BCUT2D eigenvalue weighted by atomic mass is 9.99. The molecule has 2 aromatic rings. The predicted molar refractivity (Wildman–Crippen MR) is 63.3 cm³/mol. The molecule has 1 unspecified atom stereocenters. The van der Waals surface area contributed by atoms with Gasteiger partial charge in [0.2, 0.25) is 0 Å². The predicted octanol–water partition coefficient (Wildman–Crippen LogP) is 3.49. The van der Waals surface area contributed by atoms with Crippen LogP contribution in [0.25, 0.3) is 0 Å². The van der Waals surface area contributed by atoms with Crippen molar-refractivity contribution in [3.05, 3.63) is 70.8 Å². The number of nitrogens with two attached hydrogens (primary N) is 1. The average molecular weight is 269 g/mol. The third-order valence-electron chi connectivity index (χ3n) is 2.78. The van der Waals surface area contributed by atoms with E-state index >= 15 is 0 Å². The Morgan fingerprint density at radius 1 is 0.947 bits per heavy atom. The first kappa shape index (κ1) is 13.5. The van der Waals surface area contributed by atoms with Crippen LogP contribution >= 0.6 is 0 Å². The summed E-state index contributed by atoms with van der Waals surface area (Å²) in [6, 6.07) is 6.70. The van der Waals surface area contributed by atoms with Crippen LogP contribution in [0.5, 0.6) is 0 Å². The van der Waals surface area contributed by atoms with Gasteiger partial charge in [0.15, 0.2) is 17.5 Å². The Bertz CT molecular complexity index is 575. The Morgan fingerprint density at radius 3 is 2.16 bits per heavy atom. The van der Waals surface area contributed by atoms with Gasteiger partial charge in [-0.05, 0) is 41.8 Å². The van der Waals surface area contributed by atoms with Crippen molar-refractivity contribution in [2.75, 3.05) is 0 Å². The lowest BCUT2D eigenvalue weighted by molar-refractivity contribution is 0.443. The van der Waals surface area contributed by atoms with Crippen molar-refractivity contribution < 1.29 is 17.6 Å².